The summed E-state index contributed by atoms with van der Waals surface area (Å²) in [6.45, 7) is 14.7. The zero-order chi connectivity index (χ0) is 19.3. The summed E-state index contributed by atoms with van der Waals surface area (Å²) >= 11 is 6.18. The number of likely N-dealkylation sites (tertiary alicyclic amines) is 1. The van der Waals surface area contributed by atoms with Crippen molar-refractivity contribution in [1.29, 1.82) is 5.26 Å². The molecule has 6 nitrogen and oxygen atoms in total. The van der Waals surface area contributed by atoms with Crippen molar-refractivity contribution >= 4 is 23.1 Å². The van der Waals surface area contributed by atoms with Crippen LogP contribution < -0.4 is 4.90 Å². The van der Waals surface area contributed by atoms with E-state index in [2.05, 4.69) is 20.8 Å². The van der Waals surface area contributed by atoms with Crippen LogP contribution in [0, 0.1) is 17.9 Å². The quantitative estimate of drug-likeness (QED) is 0.609. The summed E-state index contributed by atoms with van der Waals surface area (Å²) in [5.74, 6) is 0.530. The van der Waals surface area contributed by atoms with Gasteiger partial charge >= 0.3 is 0 Å². The predicted octanol–water partition coefficient (Wildman–Crippen LogP) is 3.39. The Kier molecular flexibility index (Phi) is 6.83. The van der Waals surface area contributed by atoms with Gasteiger partial charge in [0.15, 0.2) is 0 Å². The van der Waals surface area contributed by atoms with Crippen molar-refractivity contribution < 1.29 is 5.11 Å². The fraction of sp³-hybridized carbons (Fsp3) is 0.632. The van der Waals surface area contributed by atoms with Crippen LogP contribution in [0.2, 0.25) is 5.15 Å². The number of hydrogen-bond donors (Lipinski definition) is 1. The molecule has 0 aliphatic carbocycles. The molecule has 2 heterocycles. The van der Waals surface area contributed by atoms with Crippen LogP contribution in [-0.2, 0) is 6.42 Å². The Morgan fingerprint density at radius 3 is 2.58 bits per heavy atom. The molecule has 1 aromatic heterocycles. The summed E-state index contributed by atoms with van der Waals surface area (Å²) in [5, 5.41) is 19.8. The lowest BCUT2D eigenvalue weighted by atomic mass is 9.89. The van der Waals surface area contributed by atoms with Crippen LogP contribution >= 0.6 is 11.6 Å². The van der Waals surface area contributed by atoms with E-state index in [1.165, 1.54) is 0 Å². The minimum absolute atomic E-state index is 0.157. The first kappa shape index (κ1) is 20.5. The van der Waals surface area contributed by atoms with Gasteiger partial charge in [0, 0.05) is 33.2 Å². The molecule has 1 aliphatic rings. The Morgan fingerprint density at radius 1 is 1.42 bits per heavy atom. The van der Waals surface area contributed by atoms with Gasteiger partial charge in [0.25, 0.3) is 0 Å². The molecule has 7 heteroatoms. The summed E-state index contributed by atoms with van der Waals surface area (Å²) in [4.78, 5) is 12.2. The third-order valence-corrected chi connectivity index (χ3v) is 5.62. The van der Waals surface area contributed by atoms with Gasteiger partial charge in [-0.05, 0) is 31.2 Å². The van der Waals surface area contributed by atoms with Gasteiger partial charge < -0.3 is 14.9 Å². The number of hydrogen-bond acceptors (Lipinski definition) is 5. The van der Waals surface area contributed by atoms with Crippen LogP contribution in [0.1, 0.15) is 44.2 Å². The summed E-state index contributed by atoms with van der Waals surface area (Å²) < 4.78 is 0. The van der Waals surface area contributed by atoms with Gasteiger partial charge in [-0.15, -0.1) is 0 Å². The van der Waals surface area contributed by atoms with Crippen LogP contribution in [0.25, 0.3) is 4.85 Å². The Balaban J connectivity index is 2.11. The lowest BCUT2D eigenvalue weighted by Crippen LogP contribution is -2.46. The smallest absolute Gasteiger partial charge is 0.232 e. The van der Waals surface area contributed by atoms with Gasteiger partial charge in [-0.2, -0.15) is 5.26 Å². The van der Waals surface area contributed by atoms with E-state index in [9.17, 15) is 10.4 Å². The van der Waals surface area contributed by atoms with Crippen molar-refractivity contribution in [1.82, 2.24) is 9.88 Å². The first-order valence-corrected chi connectivity index (χ1v) is 9.42. The number of halogens is 1. The summed E-state index contributed by atoms with van der Waals surface area (Å²) in [6, 6.07) is 2.06. The van der Waals surface area contributed by atoms with E-state index in [0.29, 0.717) is 35.6 Å². The van der Waals surface area contributed by atoms with Crippen molar-refractivity contribution in [3.8, 4) is 6.07 Å². The Bertz CT molecular complexity index is 729. The SMILES string of the molecule is [C-]#[N+]c1c(N(C)CCN2CCC(O)(CC)CC2)nc(Cl)c(C#N)c1CC. The number of likely N-dealkylation sites (N-methyl/N-ethyl adjacent to an activating group) is 1. The molecule has 1 saturated heterocycles. The highest BCUT2D eigenvalue weighted by molar-refractivity contribution is 6.31. The number of aromatic nitrogens is 1. The standard InChI is InChI=1S/C19H26ClN5O/c1-5-14-15(13-21)17(20)23-18(16(14)22-3)24(4)11-12-25-9-7-19(26,6-2)8-10-25/h26H,5-12H2,1-2,4H3. The molecule has 26 heavy (non-hydrogen) atoms. The molecular weight excluding hydrogens is 350 g/mol. The highest BCUT2D eigenvalue weighted by atomic mass is 35.5. The number of anilines is 1. The molecule has 140 valence electrons. The molecule has 0 saturated carbocycles. The topological polar surface area (TPSA) is 67.8 Å². The first-order chi connectivity index (χ1) is 12.4. The van der Waals surface area contributed by atoms with Crippen molar-refractivity contribution in [2.24, 2.45) is 0 Å². The Hall–Kier alpha value is -1.86. The fourth-order valence-electron chi connectivity index (χ4n) is 3.36. The van der Waals surface area contributed by atoms with Crippen molar-refractivity contribution in [2.75, 3.05) is 38.1 Å². The minimum atomic E-state index is -0.516. The average molecular weight is 376 g/mol. The normalized spacial score (nSPS) is 16.7. The second kappa shape index (κ2) is 8.68. The highest BCUT2D eigenvalue weighted by Crippen LogP contribution is 2.36. The van der Waals surface area contributed by atoms with Crippen LogP contribution in [0.5, 0.6) is 0 Å². The molecule has 1 fully saturated rings. The van der Waals surface area contributed by atoms with Crippen molar-refractivity contribution in [3.63, 3.8) is 0 Å². The summed E-state index contributed by atoms with van der Waals surface area (Å²) in [5.41, 5.74) is 0.857. The molecule has 0 aromatic carbocycles. The largest absolute Gasteiger partial charge is 0.390 e. The van der Waals surface area contributed by atoms with Gasteiger partial charge in [0.05, 0.1) is 17.7 Å². The molecular formula is C19H26ClN5O. The van der Waals surface area contributed by atoms with Crippen LogP contribution in [-0.4, -0.2) is 53.8 Å². The molecule has 0 bridgehead atoms. The van der Waals surface area contributed by atoms with Crippen LogP contribution in [0.15, 0.2) is 0 Å². The first-order valence-electron chi connectivity index (χ1n) is 9.04. The van der Waals surface area contributed by atoms with Crippen molar-refractivity contribution in [3.05, 3.63) is 27.7 Å². The number of nitrogens with zero attached hydrogens (tertiary/aromatic N) is 5. The number of aliphatic hydroxyl groups is 1. The number of pyridine rings is 1. The van der Waals surface area contributed by atoms with E-state index in [1.54, 1.807) is 0 Å². The lowest BCUT2D eigenvalue weighted by Gasteiger charge is -2.38. The van der Waals surface area contributed by atoms with E-state index >= 15 is 0 Å². The molecule has 0 unspecified atom stereocenters. The van der Waals surface area contributed by atoms with E-state index < -0.39 is 5.60 Å². The van der Waals surface area contributed by atoms with E-state index in [4.69, 9.17) is 18.2 Å². The van der Waals surface area contributed by atoms with Gasteiger partial charge in [0.2, 0.25) is 5.69 Å². The minimum Gasteiger partial charge on any atom is -0.390 e. The third-order valence-electron chi connectivity index (χ3n) is 5.35. The molecule has 1 N–H and O–H groups in total. The maximum absolute atomic E-state index is 10.3. The number of piperidine rings is 1. The number of nitriles is 1. The van der Waals surface area contributed by atoms with Gasteiger partial charge in [-0.3, -0.25) is 0 Å². The zero-order valence-corrected chi connectivity index (χ0v) is 16.5. The Morgan fingerprint density at radius 2 is 2.08 bits per heavy atom. The average Bonchev–Trinajstić information content (AvgIpc) is 2.66. The maximum Gasteiger partial charge on any atom is 0.232 e. The van der Waals surface area contributed by atoms with E-state index in [-0.39, 0.29) is 5.15 Å². The molecule has 0 radical (unpaired) electrons. The molecule has 1 aliphatic heterocycles. The van der Waals surface area contributed by atoms with E-state index in [0.717, 1.165) is 38.9 Å². The van der Waals surface area contributed by atoms with E-state index in [1.807, 2.05) is 25.8 Å². The molecule has 2 rings (SSSR count). The zero-order valence-electron chi connectivity index (χ0n) is 15.7. The Labute approximate surface area is 160 Å². The number of rotatable bonds is 6. The monoisotopic (exact) mass is 375 g/mol. The fourth-order valence-corrected chi connectivity index (χ4v) is 3.60. The second-order valence-electron chi connectivity index (χ2n) is 6.85. The van der Waals surface area contributed by atoms with Gasteiger partial charge in [0.1, 0.15) is 17.0 Å². The van der Waals surface area contributed by atoms with Gasteiger partial charge in [-0.1, -0.05) is 25.4 Å². The molecule has 1 aromatic rings. The molecule has 0 amide bonds. The summed E-state index contributed by atoms with van der Waals surface area (Å²) in [7, 11) is 1.89. The van der Waals surface area contributed by atoms with Crippen LogP contribution in [0.3, 0.4) is 0 Å². The highest BCUT2D eigenvalue weighted by Gasteiger charge is 2.30. The molecule has 0 spiro atoms. The molecule has 0 atom stereocenters. The van der Waals surface area contributed by atoms with Crippen molar-refractivity contribution in [2.45, 2.75) is 45.1 Å². The third kappa shape index (κ3) is 4.27. The maximum atomic E-state index is 10.3. The van der Waals surface area contributed by atoms with Gasteiger partial charge in [-0.25, -0.2) is 9.83 Å². The van der Waals surface area contributed by atoms with Crippen LogP contribution in [0.4, 0.5) is 11.5 Å². The second-order valence-corrected chi connectivity index (χ2v) is 7.20. The predicted molar refractivity (Wildman–Crippen MR) is 104 cm³/mol. The lowest BCUT2D eigenvalue weighted by molar-refractivity contribution is -0.0231. The summed E-state index contributed by atoms with van der Waals surface area (Å²) in [6.07, 6.45) is 2.94.